The third kappa shape index (κ3) is 2.80. The molecule has 0 amide bonds. The lowest BCUT2D eigenvalue weighted by Gasteiger charge is -2.26. The van der Waals surface area contributed by atoms with E-state index >= 15 is 0 Å². The molecule has 1 saturated heterocycles. The van der Waals surface area contributed by atoms with Crippen LogP contribution in [0.25, 0.3) is 0 Å². The highest BCUT2D eigenvalue weighted by Gasteiger charge is 2.33. The highest BCUT2D eigenvalue weighted by molar-refractivity contribution is 7.09. The normalized spacial score (nSPS) is 25.9. The van der Waals surface area contributed by atoms with Gasteiger partial charge >= 0.3 is 0 Å². The summed E-state index contributed by atoms with van der Waals surface area (Å²) in [6.07, 6.45) is 3.65. The van der Waals surface area contributed by atoms with Crippen LogP contribution < -0.4 is 5.32 Å². The minimum atomic E-state index is 0.388. The summed E-state index contributed by atoms with van der Waals surface area (Å²) in [5.41, 5.74) is 0.388. The van der Waals surface area contributed by atoms with Gasteiger partial charge in [0.05, 0.1) is 6.61 Å². The fraction of sp³-hybridized carbons (Fsp3) is 0.667. The predicted molar refractivity (Wildman–Crippen MR) is 64.4 cm³/mol. The van der Waals surface area contributed by atoms with Gasteiger partial charge in [-0.15, -0.1) is 11.3 Å². The molecule has 3 heteroatoms. The van der Waals surface area contributed by atoms with Gasteiger partial charge in [0, 0.05) is 23.4 Å². The average molecular weight is 225 g/mol. The van der Waals surface area contributed by atoms with Crippen molar-refractivity contribution in [3.05, 3.63) is 22.4 Å². The third-order valence-corrected chi connectivity index (χ3v) is 4.15. The van der Waals surface area contributed by atoms with E-state index in [9.17, 15) is 0 Å². The maximum Gasteiger partial charge on any atom is 0.0535 e. The summed E-state index contributed by atoms with van der Waals surface area (Å²) >= 11 is 1.86. The van der Waals surface area contributed by atoms with Gasteiger partial charge in [-0.2, -0.15) is 0 Å². The average Bonchev–Trinajstić information content (AvgIpc) is 2.85. The zero-order valence-electron chi connectivity index (χ0n) is 9.29. The van der Waals surface area contributed by atoms with E-state index in [4.69, 9.17) is 4.74 Å². The molecule has 0 radical (unpaired) electrons. The first-order valence-electron chi connectivity index (χ1n) is 5.59. The van der Waals surface area contributed by atoms with Crippen LogP contribution in [0.15, 0.2) is 17.5 Å². The summed E-state index contributed by atoms with van der Waals surface area (Å²) in [5.74, 6) is 0. The Labute approximate surface area is 95.6 Å². The van der Waals surface area contributed by atoms with Gasteiger partial charge in [0.15, 0.2) is 0 Å². The second kappa shape index (κ2) is 5.10. The molecule has 84 valence electrons. The van der Waals surface area contributed by atoms with E-state index in [-0.39, 0.29) is 0 Å². The Morgan fingerprint density at radius 3 is 3.13 bits per heavy atom. The van der Waals surface area contributed by atoms with Crippen molar-refractivity contribution in [1.29, 1.82) is 0 Å². The number of thiophene rings is 1. The summed E-state index contributed by atoms with van der Waals surface area (Å²) in [5, 5.41) is 5.46. The molecule has 1 aromatic heterocycles. The molecule has 2 nitrogen and oxygen atoms in total. The molecule has 2 heterocycles. The minimum Gasteiger partial charge on any atom is -0.381 e. The van der Waals surface area contributed by atoms with Gasteiger partial charge < -0.3 is 10.1 Å². The van der Waals surface area contributed by atoms with Gasteiger partial charge in [-0.25, -0.2) is 0 Å². The molecule has 1 aliphatic heterocycles. The van der Waals surface area contributed by atoms with Crippen LogP contribution in [-0.2, 0) is 11.2 Å². The lowest BCUT2D eigenvalue weighted by molar-refractivity contribution is 0.145. The molecule has 1 atom stereocenters. The monoisotopic (exact) mass is 225 g/mol. The number of ether oxygens (including phenoxy) is 1. The fourth-order valence-electron chi connectivity index (χ4n) is 2.29. The standard InChI is InChI=1S/C12H19NOS/c1-13-9-12(6-7-14-10-12)5-4-11-3-2-8-15-11/h2-3,8,13H,4-7,9-10H2,1H3. The molecule has 1 aromatic rings. The van der Waals surface area contributed by atoms with Crippen LogP contribution in [0.1, 0.15) is 17.7 Å². The summed E-state index contributed by atoms with van der Waals surface area (Å²) in [4.78, 5) is 1.50. The molecule has 0 saturated carbocycles. The van der Waals surface area contributed by atoms with E-state index in [1.807, 2.05) is 18.4 Å². The first-order chi connectivity index (χ1) is 7.35. The maximum atomic E-state index is 5.55. The molecule has 1 aliphatic rings. The molecular weight excluding hydrogens is 206 g/mol. The van der Waals surface area contributed by atoms with Crippen LogP contribution in [0.5, 0.6) is 0 Å². The zero-order valence-corrected chi connectivity index (χ0v) is 10.1. The molecule has 1 N–H and O–H groups in total. The van der Waals surface area contributed by atoms with E-state index in [2.05, 4.69) is 22.8 Å². The summed E-state index contributed by atoms with van der Waals surface area (Å²) < 4.78 is 5.55. The lowest BCUT2D eigenvalue weighted by atomic mass is 9.82. The van der Waals surface area contributed by atoms with Crippen LogP contribution >= 0.6 is 11.3 Å². The number of nitrogens with one attached hydrogen (secondary N) is 1. The van der Waals surface area contributed by atoms with Crippen molar-refractivity contribution in [2.45, 2.75) is 19.3 Å². The van der Waals surface area contributed by atoms with Crippen LogP contribution in [0, 0.1) is 5.41 Å². The van der Waals surface area contributed by atoms with Crippen molar-refractivity contribution in [1.82, 2.24) is 5.32 Å². The quantitative estimate of drug-likeness (QED) is 0.830. The highest BCUT2D eigenvalue weighted by atomic mass is 32.1. The Bertz CT molecular complexity index is 278. The largest absolute Gasteiger partial charge is 0.381 e. The fourth-order valence-corrected chi connectivity index (χ4v) is 3.00. The second-order valence-corrected chi connectivity index (χ2v) is 5.44. The van der Waals surface area contributed by atoms with E-state index in [1.54, 1.807) is 0 Å². The van der Waals surface area contributed by atoms with Crippen molar-refractivity contribution in [3.63, 3.8) is 0 Å². The Hall–Kier alpha value is -0.380. The summed E-state index contributed by atoms with van der Waals surface area (Å²) in [6.45, 7) is 2.95. The Balaban J connectivity index is 1.89. The third-order valence-electron chi connectivity index (χ3n) is 3.22. The van der Waals surface area contributed by atoms with Crippen molar-refractivity contribution in [3.8, 4) is 0 Å². The first kappa shape index (κ1) is 11.1. The molecule has 0 aliphatic carbocycles. The molecule has 1 unspecified atom stereocenters. The van der Waals surface area contributed by atoms with Gasteiger partial charge in [-0.05, 0) is 37.8 Å². The molecule has 2 rings (SSSR count). The van der Waals surface area contributed by atoms with Crippen molar-refractivity contribution in [2.24, 2.45) is 5.41 Å². The number of hydrogen-bond donors (Lipinski definition) is 1. The van der Waals surface area contributed by atoms with Crippen LogP contribution in [-0.4, -0.2) is 26.8 Å². The Morgan fingerprint density at radius 1 is 1.60 bits per heavy atom. The van der Waals surface area contributed by atoms with Crippen molar-refractivity contribution in [2.75, 3.05) is 26.8 Å². The first-order valence-corrected chi connectivity index (χ1v) is 6.47. The van der Waals surface area contributed by atoms with Crippen LogP contribution in [0.3, 0.4) is 0 Å². The van der Waals surface area contributed by atoms with Gasteiger partial charge in [0.1, 0.15) is 0 Å². The highest BCUT2D eigenvalue weighted by Crippen LogP contribution is 2.33. The topological polar surface area (TPSA) is 21.3 Å². The molecule has 0 spiro atoms. The molecule has 0 aromatic carbocycles. The second-order valence-electron chi connectivity index (χ2n) is 4.41. The van der Waals surface area contributed by atoms with E-state index in [0.717, 1.165) is 19.8 Å². The smallest absolute Gasteiger partial charge is 0.0535 e. The minimum absolute atomic E-state index is 0.388. The summed E-state index contributed by atoms with van der Waals surface area (Å²) in [7, 11) is 2.03. The maximum absolute atomic E-state index is 5.55. The van der Waals surface area contributed by atoms with E-state index < -0.39 is 0 Å². The zero-order chi connectivity index (χ0) is 10.6. The van der Waals surface area contributed by atoms with Crippen molar-refractivity contribution >= 4 is 11.3 Å². The summed E-state index contributed by atoms with van der Waals surface area (Å²) in [6, 6.07) is 4.36. The number of hydrogen-bond acceptors (Lipinski definition) is 3. The van der Waals surface area contributed by atoms with Crippen molar-refractivity contribution < 1.29 is 4.74 Å². The molecule has 1 fully saturated rings. The van der Waals surface area contributed by atoms with E-state index in [0.29, 0.717) is 5.41 Å². The molecule has 0 bridgehead atoms. The predicted octanol–water partition coefficient (Wildman–Crippen LogP) is 2.31. The van der Waals surface area contributed by atoms with Gasteiger partial charge in [0.25, 0.3) is 0 Å². The van der Waals surface area contributed by atoms with Gasteiger partial charge in [-0.3, -0.25) is 0 Å². The van der Waals surface area contributed by atoms with Crippen LogP contribution in [0.4, 0.5) is 0 Å². The van der Waals surface area contributed by atoms with Gasteiger partial charge in [0.2, 0.25) is 0 Å². The molecule has 15 heavy (non-hydrogen) atoms. The lowest BCUT2D eigenvalue weighted by Crippen LogP contribution is -2.33. The Kier molecular flexibility index (Phi) is 3.78. The van der Waals surface area contributed by atoms with E-state index in [1.165, 1.54) is 24.1 Å². The van der Waals surface area contributed by atoms with Crippen LogP contribution in [0.2, 0.25) is 0 Å². The van der Waals surface area contributed by atoms with Gasteiger partial charge in [-0.1, -0.05) is 6.07 Å². The number of aryl methyl sites for hydroxylation is 1. The molecular formula is C12H19NOS. The Morgan fingerprint density at radius 2 is 2.53 bits per heavy atom. The number of rotatable bonds is 5. The SMILES string of the molecule is CNCC1(CCc2cccs2)CCOC1.